The summed E-state index contributed by atoms with van der Waals surface area (Å²) in [5, 5.41) is 0.701. The van der Waals surface area contributed by atoms with Gasteiger partial charge >= 0.3 is 0 Å². The third kappa shape index (κ3) is 2.58. The van der Waals surface area contributed by atoms with Crippen molar-refractivity contribution in [1.29, 1.82) is 0 Å². The van der Waals surface area contributed by atoms with Gasteiger partial charge in [0, 0.05) is 10.9 Å². The van der Waals surface area contributed by atoms with E-state index in [0.29, 0.717) is 5.02 Å². The summed E-state index contributed by atoms with van der Waals surface area (Å²) >= 11 is 5.79. The molecular weight excluding hydrogens is 196 g/mol. The standard InChI is InChI=1S/C12H15ClO/c1-12(2,3)11(8-14)9-4-6-10(13)7-5-9/h4-8,11H,1-3H3. The molecule has 0 amide bonds. The van der Waals surface area contributed by atoms with Crippen LogP contribution in [0.4, 0.5) is 0 Å². The van der Waals surface area contributed by atoms with Crippen LogP contribution >= 0.6 is 11.6 Å². The molecule has 1 nitrogen and oxygen atoms in total. The molecule has 0 spiro atoms. The van der Waals surface area contributed by atoms with Crippen molar-refractivity contribution in [2.45, 2.75) is 26.7 Å². The fourth-order valence-electron chi connectivity index (χ4n) is 1.45. The van der Waals surface area contributed by atoms with Crippen molar-refractivity contribution in [3.8, 4) is 0 Å². The van der Waals surface area contributed by atoms with Crippen LogP contribution in [0.2, 0.25) is 5.02 Å². The molecule has 1 aromatic rings. The van der Waals surface area contributed by atoms with Crippen LogP contribution in [0, 0.1) is 5.41 Å². The van der Waals surface area contributed by atoms with E-state index in [0.717, 1.165) is 11.8 Å². The lowest BCUT2D eigenvalue weighted by Gasteiger charge is -2.26. The van der Waals surface area contributed by atoms with Gasteiger partial charge < -0.3 is 4.79 Å². The molecule has 0 saturated heterocycles. The fourth-order valence-corrected chi connectivity index (χ4v) is 1.58. The number of benzene rings is 1. The van der Waals surface area contributed by atoms with E-state index in [1.54, 1.807) is 0 Å². The van der Waals surface area contributed by atoms with Crippen molar-refractivity contribution >= 4 is 17.9 Å². The molecule has 1 rings (SSSR count). The molecule has 0 saturated carbocycles. The van der Waals surface area contributed by atoms with Crippen LogP contribution in [0.3, 0.4) is 0 Å². The van der Waals surface area contributed by atoms with Crippen LogP contribution in [0.25, 0.3) is 0 Å². The number of hydrogen-bond acceptors (Lipinski definition) is 1. The van der Waals surface area contributed by atoms with Gasteiger partial charge in [0.25, 0.3) is 0 Å². The first kappa shape index (κ1) is 11.3. The Morgan fingerprint density at radius 3 is 2.07 bits per heavy atom. The second-order valence-electron chi connectivity index (χ2n) is 4.53. The Hall–Kier alpha value is -0.820. The molecule has 0 N–H and O–H groups in total. The highest BCUT2D eigenvalue weighted by atomic mass is 35.5. The van der Waals surface area contributed by atoms with Gasteiger partial charge in [-0.2, -0.15) is 0 Å². The monoisotopic (exact) mass is 210 g/mol. The Morgan fingerprint density at radius 2 is 1.71 bits per heavy atom. The highest BCUT2D eigenvalue weighted by Gasteiger charge is 2.25. The lowest BCUT2D eigenvalue weighted by atomic mass is 9.77. The van der Waals surface area contributed by atoms with Gasteiger partial charge in [0.15, 0.2) is 0 Å². The maximum Gasteiger partial charge on any atom is 0.127 e. The molecule has 0 aromatic heterocycles. The summed E-state index contributed by atoms with van der Waals surface area (Å²) in [6, 6.07) is 7.46. The zero-order chi connectivity index (χ0) is 10.8. The quantitative estimate of drug-likeness (QED) is 0.681. The SMILES string of the molecule is CC(C)(C)C(C=O)c1ccc(Cl)cc1. The molecule has 0 heterocycles. The summed E-state index contributed by atoms with van der Waals surface area (Å²) in [5.74, 6) is -0.0697. The molecule has 0 fully saturated rings. The van der Waals surface area contributed by atoms with E-state index in [1.807, 2.05) is 24.3 Å². The first-order valence-electron chi connectivity index (χ1n) is 4.66. The van der Waals surface area contributed by atoms with E-state index in [9.17, 15) is 4.79 Å². The predicted molar refractivity (Wildman–Crippen MR) is 59.7 cm³/mol. The number of hydrogen-bond donors (Lipinski definition) is 0. The summed E-state index contributed by atoms with van der Waals surface area (Å²) < 4.78 is 0. The smallest absolute Gasteiger partial charge is 0.127 e. The van der Waals surface area contributed by atoms with Crippen LogP contribution in [-0.4, -0.2) is 6.29 Å². The Labute approximate surface area is 90.1 Å². The second-order valence-corrected chi connectivity index (χ2v) is 4.97. The van der Waals surface area contributed by atoms with Gasteiger partial charge in [0.05, 0.1) is 0 Å². The third-order valence-electron chi connectivity index (χ3n) is 2.30. The average molecular weight is 211 g/mol. The van der Waals surface area contributed by atoms with Crippen molar-refractivity contribution in [2.24, 2.45) is 5.41 Å². The van der Waals surface area contributed by atoms with Gasteiger partial charge in [-0.15, -0.1) is 0 Å². The normalized spacial score (nSPS) is 13.7. The number of rotatable bonds is 2. The predicted octanol–water partition coefficient (Wildman–Crippen LogP) is 3.67. The Morgan fingerprint density at radius 1 is 1.21 bits per heavy atom. The van der Waals surface area contributed by atoms with Crippen LogP contribution in [0.1, 0.15) is 32.3 Å². The maximum atomic E-state index is 11.0. The molecule has 0 aliphatic heterocycles. The van der Waals surface area contributed by atoms with E-state index >= 15 is 0 Å². The third-order valence-corrected chi connectivity index (χ3v) is 2.55. The van der Waals surface area contributed by atoms with E-state index in [-0.39, 0.29) is 11.3 Å². The molecule has 0 bridgehead atoms. The molecule has 1 atom stereocenters. The summed E-state index contributed by atoms with van der Waals surface area (Å²) in [7, 11) is 0. The van der Waals surface area contributed by atoms with Gasteiger partial charge in [-0.1, -0.05) is 44.5 Å². The molecule has 0 radical (unpaired) electrons. The number of carbonyl (C=O) groups is 1. The highest BCUT2D eigenvalue weighted by molar-refractivity contribution is 6.30. The lowest BCUT2D eigenvalue weighted by Crippen LogP contribution is -2.19. The fraction of sp³-hybridized carbons (Fsp3) is 0.417. The highest BCUT2D eigenvalue weighted by Crippen LogP contribution is 2.33. The van der Waals surface area contributed by atoms with Crippen molar-refractivity contribution in [3.63, 3.8) is 0 Å². The molecule has 0 aliphatic carbocycles. The van der Waals surface area contributed by atoms with Crippen LogP contribution in [0.15, 0.2) is 24.3 Å². The Balaban J connectivity index is 3.02. The van der Waals surface area contributed by atoms with Crippen molar-refractivity contribution in [3.05, 3.63) is 34.9 Å². The Bertz CT molecular complexity index is 308. The number of halogens is 1. The van der Waals surface area contributed by atoms with Crippen LogP contribution in [-0.2, 0) is 4.79 Å². The first-order valence-corrected chi connectivity index (χ1v) is 5.03. The largest absolute Gasteiger partial charge is 0.303 e. The minimum atomic E-state index is -0.0697. The maximum absolute atomic E-state index is 11.0. The molecule has 1 unspecified atom stereocenters. The zero-order valence-corrected chi connectivity index (χ0v) is 9.51. The molecule has 2 heteroatoms. The molecule has 14 heavy (non-hydrogen) atoms. The molecular formula is C12H15ClO. The lowest BCUT2D eigenvalue weighted by molar-refractivity contribution is -0.111. The van der Waals surface area contributed by atoms with Crippen molar-refractivity contribution < 1.29 is 4.79 Å². The summed E-state index contributed by atoms with van der Waals surface area (Å²) in [4.78, 5) is 11.0. The van der Waals surface area contributed by atoms with Crippen LogP contribution < -0.4 is 0 Å². The van der Waals surface area contributed by atoms with Gasteiger partial charge in [0.1, 0.15) is 6.29 Å². The van der Waals surface area contributed by atoms with E-state index in [4.69, 9.17) is 11.6 Å². The summed E-state index contributed by atoms with van der Waals surface area (Å²) in [6.07, 6.45) is 1.00. The van der Waals surface area contributed by atoms with Gasteiger partial charge in [-0.3, -0.25) is 0 Å². The van der Waals surface area contributed by atoms with Crippen molar-refractivity contribution in [2.75, 3.05) is 0 Å². The topological polar surface area (TPSA) is 17.1 Å². The van der Waals surface area contributed by atoms with E-state index in [1.165, 1.54) is 0 Å². The van der Waals surface area contributed by atoms with Crippen molar-refractivity contribution in [1.82, 2.24) is 0 Å². The first-order chi connectivity index (χ1) is 6.45. The second kappa shape index (κ2) is 4.14. The summed E-state index contributed by atoms with van der Waals surface area (Å²) in [5.41, 5.74) is 0.979. The zero-order valence-electron chi connectivity index (χ0n) is 8.75. The number of carbonyl (C=O) groups excluding carboxylic acids is 1. The van der Waals surface area contributed by atoms with Crippen LogP contribution in [0.5, 0.6) is 0 Å². The van der Waals surface area contributed by atoms with Gasteiger partial charge in [-0.25, -0.2) is 0 Å². The van der Waals surface area contributed by atoms with Gasteiger partial charge in [-0.05, 0) is 23.1 Å². The molecule has 1 aromatic carbocycles. The molecule has 0 aliphatic rings. The average Bonchev–Trinajstić information content (AvgIpc) is 2.07. The Kier molecular flexibility index (Phi) is 3.33. The minimum Gasteiger partial charge on any atom is -0.303 e. The summed E-state index contributed by atoms with van der Waals surface area (Å²) in [6.45, 7) is 6.17. The molecule has 76 valence electrons. The number of aldehydes is 1. The van der Waals surface area contributed by atoms with E-state index in [2.05, 4.69) is 20.8 Å². The minimum absolute atomic E-state index is 0.0461. The van der Waals surface area contributed by atoms with E-state index < -0.39 is 0 Å². The van der Waals surface area contributed by atoms with Gasteiger partial charge in [0.2, 0.25) is 0 Å².